The fourth-order valence-corrected chi connectivity index (χ4v) is 3.83. The molecule has 4 rings (SSSR count). The van der Waals surface area contributed by atoms with E-state index in [9.17, 15) is 4.79 Å². The quantitative estimate of drug-likeness (QED) is 0.584. The van der Waals surface area contributed by atoms with Gasteiger partial charge in [-0.1, -0.05) is 22.0 Å². The van der Waals surface area contributed by atoms with Gasteiger partial charge in [0.15, 0.2) is 11.2 Å². The number of benzene rings is 1. The van der Waals surface area contributed by atoms with Gasteiger partial charge in [0.05, 0.1) is 18.7 Å². The number of ether oxygens (including phenoxy) is 1. The molecule has 1 fully saturated rings. The SMILES string of the molecule is COC(=O)C1CCN(Cc2ccc3oc(-c4cccc(Br)c4C)nc3n2)C1. The summed E-state index contributed by atoms with van der Waals surface area (Å²) in [6, 6.07) is 9.81. The summed E-state index contributed by atoms with van der Waals surface area (Å²) in [6.07, 6.45) is 0.825. The summed E-state index contributed by atoms with van der Waals surface area (Å²) >= 11 is 3.54. The minimum absolute atomic E-state index is 0.0445. The van der Waals surface area contributed by atoms with E-state index in [1.54, 1.807) is 0 Å². The van der Waals surface area contributed by atoms with Gasteiger partial charge in [0.2, 0.25) is 5.89 Å². The van der Waals surface area contributed by atoms with E-state index < -0.39 is 0 Å². The Morgan fingerprint density at radius 1 is 1.33 bits per heavy atom. The van der Waals surface area contributed by atoms with E-state index >= 15 is 0 Å². The Morgan fingerprint density at radius 2 is 2.19 bits per heavy atom. The molecule has 0 aliphatic carbocycles. The third-order valence-corrected chi connectivity index (χ3v) is 5.86. The van der Waals surface area contributed by atoms with Crippen LogP contribution < -0.4 is 0 Å². The number of hydrogen-bond donors (Lipinski definition) is 0. The number of hydrogen-bond acceptors (Lipinski definition) is 6. The van der Waals surface area contributed by atoms with Crippen LogP contribution in [0, 0.1) is 12.8 Å². The maximum absolute atomic E-state index is 11.7. The van der Waals surface area contributed by atoms with Crippen molar-refractivity contribution < 1.29 is 13.9 Å². The molecule has 1 atom stereocenters. The summed E-state index contributed by atoms with van der Waals surface area (Å²) in [7, 11) is 1.44. The van der Waals surface area contributed by atoms with Crippen LogP contribution in [0.15, 0.2) is 39.2 Å². The standard InChI is InChI=1S/C20H20BrN3O3/c1-12-15(4-3-5-16(12)21)19-23-18-17(27-19)7-6-14(22-18)11-24-9-8-13(10-24)20(25)26-2/h3-7,13H,8-11H2,1-2H3. The largest absolute Gasteiger partial charge is 0.469 e. The van der Waals surface area contributed by atoms with E-state index in [0.29, 0.717) is 30.2 Å². The number of fused-ring (bicyclic) bond motifs is 1. The molecule has 3 aromatic rings. The van der Waals surface area contributed by atoms with Crippen molar-refractivity contribution in [3.63, 3.8) is 0 Å². The van der Waals surface area contributed by atoms with Crippen LogP contribution in [0.4, 0.5) is 0 Å². The van der Waals surface area contributed by atoms with E-state index in [1.807, 2.05) is 37.3 Å². The zero-order valence-electron chi connectivity index (χ0n) is 15.2. The number of oxazole rings is 1. The Hall–Kier alpha value is -2.25. The second kappa shape index (κ2) is 7.40. The van der Waals surface area contributed by atoms with Crippen molar-refractivity contribution in [3.8, 4) is 11.5 Å². The summed E-state index contributed by atoms with van der Waals surface area (Å²) < 4.78 is 11.8. The van der Waals surface area contributed by atoms with E-state index in [-0.39, 0.29) is 11.9 Å². The molecule has 27 heavy (non-hydrogen) atoms. The number of carbonyl (C=O) groups excluding carboxylic acids is 1. The molecular weight excluding hydrogens is 410 g/mol. The number of nitrogens with zero attached hydrogens (tertiary/aromatic N) is 3. The molecule has 1 unspecified atom stereocenters. The third kappa shape index (κ3) is 3.61. The second-order valence-corrected chi connectivity index (χ2v) is 7.65. The Bertz CT molecular complexity index is 1000. The van der Waals surface area contributed by atoms with Crippen LogP contribution >= 0.6 is 15.9 Å². The minimum Gasteiger partial charge on any atom is -0.469 e. The second-order valence-electron chi connectivity index (χ2n) is 6.80. The molecule has 0 saturated carbocycles. The molecule has 1 aliphatic rings. The smallest absolute Gasteiger partial charge is 0.310 e. The Labute approximate surface area is 165 Å². The number of esters is 1. The molecule has 1 saturated heterocycles. The Balaban J connectivity index is 1.55. The first-order valence-corrected chi connectivity index (χ1v) is 9.66. The molecule has 1 aromatic carbocycles. The van der Waals surface area contributed by atoms with Gasteiger partial charge >= 0.3 is 5.97 Å². The molecule has 2 aromatic heterocycles. The van der Waals surface area contributed by atoms with Crippen LogP contribution in [0.5, 0.6) is 0 Å². The molecule has 0 N–H and O–H groups in total. The molecule has 0 bridgehead atoms. The Morgan fingerprint density at radius 3 is 3.00 bits per heavy atom. The number of carbonyl (C=O) groups is 1. The number of methoxy groups -OCH3 is 1. The average Bonchev–Trinajstić information content (AvgIpc) is 3.30. The van der Waals surface area contributed by atoms with E-state index in [2.05, 4.69) is 30.8 Å². The summed E-state index contributed by atoms with van der Waals surface area (Å²) in [5.74, 6) is 0.392. The molecule has 7 heteroatoms. The topological polar surface area (TPSA) is 68.5 Å². The first-order chi connectivity index (χ1) is 13.0. The van der Waals surface area contributed by atoms with Crippen molar-refractivity contribution in [2.75, 3.05) is 20.2 Å². The summed E-state index contributed by atoms with van der Waals surface area (Å²) in [4.78, 5) is 23.1. The molecule has 140 valence electrons. The van der Waals surface area contributed by atoms with Crippen molar-refractivity contribution >= 4 is 33.1 Å². The van der Waals surface area contributed by atoms with Gasteiger partial charge in [-0.15, -0.1) is 0 Å². The first-order valence-electron chi connectivity index (χ1n) is 8.87. The van der Waals surface area contributed by atoms with E-state index in [0.717, 1.165) is 34.3 Å². The fraction of sp³-hybridized carbons (Fsp3) is 0.350. The maximum Gasteiger partial charge on any atom is 0.310 e. The van der Waals surface area contributed by atoms with Crippen molar-refractivity contribution in [1.82, 2.24) is 14.9 Å². The van der Waals surface area contributed by atoms with Crippen molar-refractivity contribution in [2.24, 2.45) is 5.92 Å². The molecule has 0 radical (unpaired) electrons. The van der Waals surface area contributed by atoms with Crippen molar-refractivity contribution in [3.05, 3.63) is 46.1 Å². The number of halogens is 1. The highest BCUT2D eigenvalue weighted by Crippen LogP contribution is 2.30. The minimum atomic E-state index is -0.133. The summed E-state index contributed by atoms with van der Waals surface area (Å²) in [5.41, 5.74) is 4.21. The number of aromatic nitrogens is 2. The van der Waals surface area contributed by atoms with Gasteiger partial charge in [0.25, 0.3) is 0 Å². The van der Waals surface area contributed by atoms with Crippen LogP contribution in [-0.2, 0) is 16.1 Å². The number of pyridine rings is 1. The molecule has 1 aliphatic heterocycles. The van der Waals surface area contributed by atoms with E-state index in [1.165, 1.54) is 7.11 Å². The van der Waals surface area contributed by atoms with Crippen LogP contribution in [0.2, 0.25) is 0 Å². The molecule has 0 spiro atoms. The van der Waals surface area contributed by atoms with Crippen molar-refractivity contribution in [2.45, 2.75) is 19.9 Å². The molecule has 6 nitrogen and oxygen atoms in total. The zero-order valence-corrected chi connectivity index (χ0v) is 16.8. The summed E-state index contributed by atoms with van der Waals surface area (Å²) in [6.45, 7) is 4.27. The van der Waals surface area contributed by atoms with Gasteiger partial charge in [-0.25, -0.2) is 4.98 Å². The maximum atomic E-state index is 11.7. The highest BCUT2D eigenvalue weighted by atomic mass is 79.9. The molecule has 0 amide bonds. The number of rotatable bonds is 4. The first kappa shape index (κ1) is 18.1. The van der Waals surface area contributed by atoms with Crippen LogP contribution in [-0.4, -0.2) is 41.0 Å². The molecular formula is C20H20BrN3O3. The average molecular weight is 430 g/mol. The highest BCUT2D eigenvalue weighted by Gasteiger charge is 2.29. The van der Waals surface area contributed by atoms with Crippen LogP contribution in [0.3, 0.4) is 0 Å². The van der Waals surface area contributed by atoms with Gasteiger partial charge in [-0.3, -0.25) is 9.69 Å². The lowest BCUT2D eigenvalue weighted by Gasteiger charge is -2.14. The van der Waals surface area contributed by atoms with E-state index in [4.69, 9.17) is 9.15 Å². The van der Waals surface area contributed by atoms with Gasteiger partial charge in [-0.2, -0.15) is 4.98 Å². The lowest BCUT2D eigenvalue weighted by molar-refractivity contribution is -0.144. The Kier molecular flexibility index (Phi) is 4.97. The third-order valence-electron chi connectivity index (χ3n) is 5.00. The van der Waals surface area contributed by atoms with Gasteiger partial charge in [-0.05, 0) is 49.7 Å². The van der Waals surface area contributed by atoms with Crippen molar-refractivity contribution in [1.29, 1.82) is 0 Å². The predicted molar refractivity (Wildman–Crippen MR) is 105 cm³/mol. The normalized spacial score (nSPS) is 17.5. The molecule has 3 heterocycles. The van der Waals surface area contributed by atoms with Gasteiger partial charge in [0, 0.05) is 23.1 Å². The fourth-order valence-electron chi connectivity index (χ4n) is 3.46. The lowest BCUT2D eigenvalue weighted by Crippen LogP contribution is -2.24. The highest BCUT2D eigenvalue weighted by molar-refractivity contribution is 9.10. The van der Waals surface area contributed by atoms with Gasteiger partial charge < -0.3 is 9.15 Å². The van der Waals surface area contributed by atoms with Gasteiger partial charge in [0.1, 0.15) is 0 Å². The lowest BCUT2D eigenvalue weighted by atomic mass is 10.1. The monoisotopic (exact) mass is 429 g/mol. The number of likely N-dealkylation sites (tertiary alicyclic amines) is 1. The summed E-state index contributed by atoms with van der Waals surface area (Å²) in [5, 5.41) is 0. The van der Waals surface area contributed by atoms with Crippen LogP contribution in [0.25, 0.3) is 22.7 Å². The zero-order chi connectivity index (χ0) is 19.0. The van der Waals surface area contributed by atoms with Crippen LogP contribution in [0.1, 0.15) is 17.7 Å². The predicted octanol–water partition coefficient (Wildman–Crippen LogP) is 3.96.